The number of carbonyl (C=O) groups is 1. The number of esters is 1. The van der Waals surface area contributed by atoms with Gasteiger partial charge in [0.2, 0.25) is 0 Å². The van der Waals surface area contributed by atoms with Gasteiger partial charge in [0.05, 0.1) is 25.5 Å². The first-order valence-corrected chi connectivity index (χ1v) is 7.59. The van der Waals surface area contributed by atoms with Crippen molar-refractivity contribution in [2.45, 2.75) is 12.4 Å². The lowest BCUT2D eigenvalue weighted by Gasteiger charge is -2.09. The van der Waals surface area contributed by atoms with Gasteiger partial charge in [-0.3, -0.25) is 4.40 Å². The monoisotopic (exact) mass is 368 g/mol. The summed E-state index contributed by atoms with van der Waals surface area (Å²) in [5, 5.41) is 0. The number of hydrogen-bond donors (Lipinski definition) is 0. The van der Waals surface area contributed by atoms with Gasteiger partial charge in [-0.25, -0.2) is 4.79 Å². The molecule has 0 saturated carbocycles. The minimum atomic E-state index is -5.88. The average Bonchev–Trinajstić information content (AvgIpc) is 2.80. The zero-order valence-electron chi connectivity index (χ0n) is 12.5. The van der Waals surface area contributed by atoms with Crippen molar-refractivity contribution in [1.82, 2.24) is 9.38 Å². The third-order valence-corrected chi connectivity index (χ3v) is 3.92. The van der Waals surface area contributed by atoms with Crippen LogP contribution < -0.4 is 8.92 Å². The maximum atomic E-state index is 12.4. The lowest BCUT2D eigenvalue weighted by molar-refractivity contribution is -0.0501. The molecule has 2 heterocycles. The number of hydrogen-bond acceptors (Lipinski definition) is 7. The molecule has 2 rings (SSSR count). The van der Waals surface area contributed by atoms with Gasteiger partial charge in [0.1, 0.15) is 5.65 Å². The Balaban J connectivity index is 2.63. The highest BCUT2D eigenvalue weighted by molar-refractivity contribution is 7.87. The summed E-state index contributed by atoms with van der Waals surface area (Å²) in [6, 6.07) is 2.45. The Morgan fingerprint density at radius 2 is 1.88 bits per heavy atom. The molecule has 0 radical (unpaired) electrons. The quantitative estimate of drug-likeness (QED) is 0.460. The molecule has 0 N–H and O–H groups in total. The zero-order chi connectivity index (χ0) is 18.3. The lowest BCUT2D eigenvalue weighted by Crippen LogP contribution is -2.28. The molecule has 0 aliphatic rings. The van der Waals surface area contributed by atoms with Crippen molar-refractivity contribution in [2.75, 3.05) is 14.2 Å². The van der Waals surface area contributed by atoms with Gasteiger partial charge in [-0.15, -0.1) is 0 Å². The summed E-state index contributed by atoms with van der Waals surface area (Å²) in [7, 11) is -3.49. The molecule has 0 unspecified atom stereocenters. The van der Waals surface area contributed by atoms with E-state index in [0.29, 0.717) is 0 Å². The molecule has 12 heteroatoms. The lowest BCUT2D eigenvalue weighted by atomic mass is 10.2. The normalized spacial score (nSPS) is 12.2. The summed E-state index contributed by atoms with van der Waals surface area (Å²) in [5.41, 5.74) is -5.71. The van der Waals surface area contributed by atoms with Gasteiger partial charge < -0.3 is 13.7 Å². The number of aryl methyl sites for hydroxylation is 1. The molecule has 0 saturated heterocycles. The van der Waals surface area contributed by atoms with E-state index < -0.39 is 27.5 Å². The molecule has 0 spiro atoms. The number of ether oxygens (including phenoxy) is 2. The van der Waals surface area contributed by atoms with Crippen LogP contribution in [0.4, 0.5) is 13.2 Å². The van der Waals surface area contributed by atoms with Crippen molar-refractivity contribution in [3.8, 4) is 11.8 Å². The number of fused-ring (bicyclic) bond motifs is 1. The van der Waals surface area contributed by atoms with E-state index in [9.17, 15) is 26.4 Å². The Kier molecular flexibility index (Phi) is 4.35. The summed E-state index contributed by atoms with van der Waals surface area (Å²) < 4.78 is 74.4. The van der Waals surface area contributed by atoms with E-state index in [1.807, 2.05) is 0 Å². The Bertz CT molecular complexity index is 904. The van der Waals surface area contributed by atoms with Crippen molar-refractivity contribution in [2.24, 2.45) is 0 Å². The van der Waals surface area contributed by atoms with Crippen LogP contribution in [0.1, 0.15) is 16.1 Å². The molecular weight excluding hydrogens is 357 g/mol. The maximum absolute atomic E-state index is 12.4. The molecule has 132 valence electrons. The van der Waals surface area contributed by atoms with Crippen LogP contribution in [-0.2, 0) is 14.9 Å². The largest absolute Gasteiger partial charge is 0.534 e. The highest BCUT2D eigenvalue weighted by Crippen LogP contribution is 2.31. The highest BCUT2D eigenvalue weighted by atomic mass is 32.2. The Labute approximate surface area is 133 Å². The standard InChI is InChI=1S/C12H11F3N2O6S/c1-6-10(23-24(19,20)12(13,14)15)16-8-4-7(11(18)22-3)5-9(21-2)17(6)8/h4-5H,1-3H3. The molecule has 0 aromatic carbocycles. The molecule has 0 atom stereocenters. The number of halogens is 3. The van der Waals surface area contributed by atoms with Crippen molar-refractivity contribution >= 4 is 21.7 Å². The fraction of sp³-hybridized carbons (Fsp3) is 0.333. The first-order chi connectivity index (χ1) is 11.0. The second-order valence-electron chi connectivity index (χ2n) is 4.46. The Morgan fingerprint density at radius 3 is 2.38 bits per heavy atom. The summed E-state index contributed by atoms with van der Waals surface area (Å²) in [4.78, 5) is 15.3. The molecule has 0 bridgehead atoms. The summed E-state index contributed by atoms with van der Waals surface area (Å²) in [6.07, 6.45) is 0. The number of alkyl halides is 3. The number of carbonyl (C=O) groups excluding carboxylic acids is 1. The van der Waals surface area contributed by atoms with Gasteiger partial charge in [-0.05, 0) is 13.0 Å². The van der Waals surface area contributed by atoms with E-state index in [2.05, 4.69) is 13.9 Å². The molecule has 0 aliphatic carbocycles. The second-order valence-corrected chi connectivity index (χ2v) is 5.99. The number of rotatable bonds is 4. The van der Waals surface area contributed by atoms with Crippen LogP contribution in [0.5, 0.6) is 11.8 Å². The minimum Gasteiger partial charge on any atom is -0.482 e. The zero-order valence-corrected chi connectivity index (χ0v) is 13.4. The van der Waals surface area contributed by atoms with Crippen molar-refractivity contribution in [3.63, 3.8) is 0 Å². The van der Waals surface area contributed by atoms with Gasteiger partial charge in [-0.1, -0.05) is 0 Å². The third-order valence-electron chi connectivity index (χ3n) is 2.98. The summed E-state index contributed by atoms with van der Waals surface area (Å²) in [6.45, 7) is 1.28. The van der Waals surface area contributed by atoms with Crippen LogP contribution in [-0.4, -0.2) is 43.5 Å². The summed E-state index contributed by atoms with van der Waals surface area (Å²) >= 11 is 0. The Hall–Kier alpha value is -2.50. The van der Waals surface area contributed by atoms with E-state index in [4.69, 9.17) is 4.74 Å². The molecule has 0 aliphatic heterocycles. The second kappa shape index (κ2) is 5.85. The number of methoxy groups -OCH3 is 2. The average molecular weight is 368 g/mol. The van der Waals surface area contributed by atoms with E-state index >= 15 is 0 Å². The minimum absolute atomic E-state index is 0.0112. The van der Waals surface area contributed by atoms with Crippen molar-refractivity contribution < 1.29 is 40.0 Å². The molecule has 0 fully saturated rings. The maximum Gasteiger partial charge on any atom is 0.534 e. The van der Waals surface area contributed by atoms with Gasteiger partial charge in [0.15, 0.2) is 5.88 Å². The van der Waals surface area contributed by atoms with Crippen LogP contribution in [0.2, 0.25) is 0 Å². The Morgan fingerprint density at radius 1 is 1.25 bits per heavy atom. The smallest absolute Gasteiger partial charge is 0.482 e. The topological polar surface area (TPSA) is 96.2 Å². The third kappa shape index (κ3) is 2.96. The van der Waals surface area contributed by atoms with Crippen molar-refractivity contribution in [3.05, 3.63) is 23.4 Å². The van der Waals surface area contributed by atoms with Crippen LogP contribution in [0.15, 0.2) is 12.1 Å². The number of aromatic nitrogens is 2. The first kappa shape index (κ1) is 17.8. The van der Waals surface area contributed by atoms with E-state index in [1.54, 1.807) is 0 Å². The molecule has 0 amide bonds. The van der Waals surface area contributed by atoms with Gasteiger partial charge >= 0.3 is 21.6 Å². The molecule has 2 aromatic heterocycles. The van der Waals surface area contributed by atoms with E-state index in [-0.39, 0.29) is 22.8 Å². The van der Waals surface area contributed by atoms with Crippen LogP contribution in [0, 0.1) is 6.92 Å². The molecule has 8 nitrogen and oxygen atoms in total. The number of nitrogens with zero attached hydrogens (tertiary/aromatic N) is 2. The fourth-order valence-corrected chi connectivity index (χ4v) is 2.33. The predicted molar refractivity (Wildman–Crippen MR) is 73.4 cm³/mol. The SMILES string of the molecule is COC(=O)c1cc(OC)n2c(C)c(OS(=O)(=O)C(F)(F)F)nc2c1. The molecule has 24 heavy (non-hydrogen) atoms. The number of imidazole rings is 1. The van der Waals surface area contributed by atoms with E-state index in [0.717, 1.165) is 7.11 Å². The highest BCUT2D eigenvalue weighted by Gasteiger charge is 2.49. The van der Waals surface area contributed by atoms with Gasteiger partial charge in [0, 0.05) is 6.07 Å². The van der Waals surface area contributed by atoms with Crippen LogP contribution >= 0.6 is 0 Å². The fourth-order valence-electron chi connectivity index (χ4n) is 1.87. The van der Waals surface area contributed by atoms with Gasteiger partial charge in [-0.2, -0.15) is 26.6 Å². The first-order valence-electron chi connectivity index (χ1n) is 6.18. The predicted octanol–water partition coefficient (Wildman–Crippen LogP) is 1.67. The van der Waals surface area contributed by atoms with Crippen LogP contribution in [0.3, 0.4) is 0 Å². The van der Waals surface area contributed by atoms with Gasteiger partial charge in [0.25, 0.3) is 5.88 Å². The van der Waals surface area contributed by atoms with Crippen molar-refractivity contribution in [1.29, 1.82) is 0 Å². The van der Waals surface area contributed by atoms with Crippen LogP contribution in [0.25, 0.3) is 5.65 Å². The summed E-state index contributed by atoms with van der Waals surface area (Å²) in [5.74, 6) is -1.49. The molecule has 2 aromatic rings. The van der Waals surface area contributed by atoms with E-state index in [1.165, 1.54) is 30.6 Å². The number of pyridine rings is 1. The molecular formula is C12H11F3N2O6S.